The van der Waals surface area contributed by atoms with Crippen LogP contribution in [0.25, 0.3) is 0 Å². The Kier molecular flexibility index (Phi) is 4.79. The van der Waals surface area contributed by atoms with Gasteiger partial charge in [0.15, 0.2) is 6.29 Å². The van der Waals surface area contributed by atoms with Crippen molar-refractivity contribution in [3.63, 3.8) is 0 Å². The largest absolute Gasteiger partial charge is 0.378 e. The zero-order valence-corrected chi connectivity index (χ0v) is 14.2. The standard InChI is InChI=1S/C16H28O6/c1-7-11(17-5)8(2)20-16(12(7)18-6)22-14-10(4)19-9(3)13-15(14)21-13/h7-16H,1-6H3/t7-,8+,9+,10?,11-,12+,13-,14+,15-,16-/m0/s1. The quantitative estimate of drug-likeness (QED) is 0.730. The summed E-state index contributed by atoms with van der Waals surface area (Å²) in [5.41, 5.74) is 0. The molecule has 3 aliphatic rings. The highest BCUT2D eigenvalue weighted by molar-refractivity contribution is 5.02. The minimum Gasteiger partial charge on any atom is -0.378 e. The van der Waals surface area contributed by atoms with Crippen LogP contribution in [-0.4, -0.2) is 69.3 Å². The van der Waals surface area contributed by atoms with Gasteiger partial charge in [0.1, 0.15) is 24.4 Å². The van der Waals surface area contributed by atoms with Crippen molar-refractivity contribution in [1.29, 1.82) is 0 Å². The van der Waals surface area contributed by atoms with E-state index in [1.807, 2.05) is 20.8 Å². The van der Waals surface area contributed by atoms with Crippen LogP contribution in [0, 0.1) is 5.92 Å². The Bertz CT molecular complexity index is 389. The number of epoxide rings is 1. The third-order valence-corrected chi connectivity index (χ3v) is 5.19. The lowest BCUT2D eigenvalue weighted by atomic mass is 9.90. The van der Waals surface area contributed by atoms with E-state index in [0.29, 0.717) is 0 Å². The highest BCUT2D eigenvalue weighted by Crippen LogP contribution is 2.40. The van der Waals surface area contributed by atoms with E-state index in [4.69, 9.17) is 28.4 Å². The molecule has 0 aliphatic carbocycles. The van der Waals surface area contributed by atoms with Crippen LogP contribution in [-0.2, 0) is 28.4 Å². The molecule has 0 bridgehead atoms. The lowest BCUT2D eigenvalue weighted by Crippen LogP contribution is -2.57. The molecule has 22 heavy (non-hydrogen) atoms. The monoisotopic (exact) mass is 316 g/mol. The summed E-state index contributed by atoms with van der Waals surface area (Å²) in [4.78, 5) is 0. The Hall–Kier alpha value is -0.240. The fourth-order valence-electron chi connectivity index (χ4n) is 3.95. The van der Waals surface area contributed by atoms with Gasteiger partial charge in [0.2, 0.25) is 0 Å². The van der Waals surface area contributed by atoms with Gasteiger partial charge in [-0.1, -0.05) is 6.92 Å². The zero-order chi connectivity index (χ0) is 16.0. The molecular formula is C16H28O6. The van der Waals surface area contributed by atoms with Crippen molar-refractivity contribution in [3.8, 4) is 0 Å². The third-order valence-electron chi connectivity index (χ3n) is 5.19. The number of fused-ring (bicyclic) bond motifs is 1. The second-order valence-corrected chi connectivity index (χ2v) is 6.68. The Morgan fingerprint density at radius 3 is 1.91 bits per heavy atom. The van der Waals surface area contributed by atoms with E-state index in [9.17, 15) is 0 Å². The molecule has 0 aromatic carbocycles. The molecule has 6 nitrogen and oxygen atoms in total. The molecule has 0 aromatic heterocycles. The van der Waals surface area contributed by atoms with Crippen molar-refractivity contribution in [1.82, 2.24) is 0 Å². The fourth-order valence-corrected chi connectivity index (χ4v) is 3.95. The van der Waals surface area contributed by atoms with Gasteiger partial charge in [-0.2, -0.15) is 0 Å². The van der Waals surface area contributed by atoms with Crippen molar-refractivity contribution in [2.24, 2.45) is 5.92 Å². The van der Waals surface area contributed by atoms with Crippen LogP contribution in [0.5, 0.6) is 0 Å². The molecule has 3 rings (SSSR count). The Morgan fingerprint density at radius 2 is 1.27 bits per heavy atom. The van der Waals surface area contributed by atoms with Crippen molar-refractivity contribution < 1.29 is 28.4 Å². The fraction of sp³-hybridized carbons (Fsp3) is 1.00. The van der Waals surface area contributed by atoms with Gasteiger partial charge in [0.25, 0.3) is 0 Å². The summed E-state index contributed by atoms with van der Waals surface area (Å²) < 4.78 is 35.0. The molecule has 3 heterocycles. The summed E-state index contributed by atoms with van der Waals surface area (Å²) in [6.07, 6.45) is -0.437. The first-order chi connectivity index (χ1) is 10.5. The summed E-state index contributed by atoms with van der Waals surface area (Å²) in [5.74, 6) is 0.179. The summed E-state index contributed by atoms with van der Waals surface area (Å²) in [5, 5.41) is 0. The lowest BCUT2D eigenvalue weighted by Gasteiger charge is -2.45. The summed E-state index contributed by atoms with van der Waals surface area (Å²) in [6.45, 7) is 8.18. The molecule has 1 unspecified atom stereocenters. The molecule has 3 aliphatic heterocycles. The van der Waals surface area contributed by atoms with E-state index in [2.05, 4.69) is 6.92 Å². The van der Waals surface area contributed by atoms with E-state index in [0.717, 1.165) is 0 Å². The first kappa shape index (κ1) is 16.6. The normalized spacial score (nSPS) is 54.8. The van der Waals surface area contributed by atoms with Crippen LogP contribution in [0.2, 0.25) is 0 Å². The van der Waals surface area contributed by atoms with Gasteiger partial charge in [-0.3, -0.25) is 0 Å². The van der Waals surface area contributed by atoms with Crippen LogP contribution in [0.3, 0.4) is 0 Å². The average molecular weight is 316 g/mol. The van der Waals surface area contributed by atoms with Crippen LogP contribution in [0.15, 0.2) is 0 Å². The second kappa shape index (κ2) is 6.34. The maximum atomic E-state index is 6.23. The molecular weight excluding hydrogens is 288 g/mol. The summed E-state index contributed by atoms with van der Waals surface area (Å²) in [6, 6.07) is 0. The first-order valence-electron chi connectivity index (χ1n) is 8.15. The van der Waals surface area contributed by atoms with E-state index in [1.165, 1.54) is 0 Å². The smallest absolute Gasteiger partial charge is 0.185 e. The minimum absolute atomic E-state index is 0.00484. The van der Waals surface area contributed by atoms with Gasteiger partial charge in [-0.05, 0) is 20.8 Å². The molecule has 0 amide bonds. The van der Waals surface area contributed by atoms with E-state index >= 15 is 0 Å². The highest BCUT2D eigenvalue weighted by atomic mass is 16.7. The summed E-state index contributed by atoms with van der Waals surface area (Å²) in [7, 11) is 3.39. The maximum absolute atomic E-state index is 6.23. The molecule has 6 heteroatoms. The van der Waals surface area contributed by atoms with Gasteiger partial charge in [-0.15, -0.1) is 0 Å². The molecule has 0 aromatic rings. The zero-order valence-electron chi connectivity index (χ0n) is 14.2. The number of hydrogen-bond acceptors (Lipinski definition) is 6. The van der Waals surface area contributed by atoms with Crippen LogP contribution in [0.1, 0.15) is 27.7 Å². The van der Waals surface area contributed by atoms with Crippen LogP contribution < -0.4 is 0 Å². The minimum atomic E-state index is -0.435. The molecule has 0 radical (unpaired) electrons. The van der Waals surface area contributed by atoms with Crippen molar-refractivity contribution in [3.05, 3.63) is 0 Å². The van der Waals surface area contributed by atoms with E-state index in [-0.39, 0.29) is 54.7 Å². The van der Waals surface area contributed by atoms with E-state index in [1.54, 1.807) is 14.2 Å². The summed E-state index contributed by atoms with van der Waals surface area (Å²) >= 11 is 0. The molecule has 0 saturated carbocycles. The van der Waals surface area contributed by atoms with Gasteiger partial charge >= 0.3 is 0 Å². The van der Waals surface area contributed by atoms with Gasteiger partial charge in [0, 0.05) is 20.1 Å². The molecule has 3 fully saturated rings. The first-order valence-corrected chi connectivity index (χ1v) is 8.15. The Balaban J connectivity index is 1.68. The van der Waals surface area contributed by atoms with Gasteiger partial charge in [0.05, 0.1) is 24.4 Å². The topological polar surface area (TPSA) is 58.7 Å². The lowest BCUT2D eigenvalue weighted by molar-refractivity contribution is -0.310. The predicted molar refractivity (Wildman–Crippen MR) is 78.6 cm³/mol. The molecule has 3 saturated heterocycles. The number of rotatable bonds is 4. The molecule has 0 spiro atoms. The predicted octanol–water partition coefficient (Wildman–Crippen LogP) is 1.36. The van der Waals surface area contributed by atoms with Crippen LogP contribution in [0.4, 0.5) is 0 Å². The van der Waals surface area contributed by atoms with Gasteiger partial charge in [-0.25, -0.2) is 0 Å². The second-order valence-electron chi connectivity index (χ2n) is 6.68. The van der Waals surface area contributed by atoms with Crippen molar-refractivity contribution in [2.45, 2.75) is 82.8 Å². The molecule has 128 valence electrons. The van der Waals surface area contributed by atoms with Crippen molar-refractivity contribution >= 4 is 0 Å². The van der Waals surface area contributed by atoms with Crippen molar-refractivity contribution in [2.75, 3.05) is 14.2 Å². The van der Waals surface area contributed by atoms with Crippen LogP contribution >= 0.6 is 0 Å². The Morgan fingerprint density at radius 1 is 0.636 bits per heavy atom. The van der Waals surface area contributed by atoms with E-state index < -0.39 is 6.29 Å². The Labute approximate surface area is 132 Å². The molecule has 10 atom stereocenters. The third kappa shape index (κ3) is 2.81. The number of ether oxygens (including phenoxy) is 6. The maximum Gasteiger partial charge on any atom is 0.185 e. The molecule has 0 N–H and O–H groups in total. The highest BCUT2D eigenvalue weighted by Gasteiger charge is 2.57. The number of methoxy groups -OCH3 is 2. The van der Waals surface area contributed by atoms with Gasteiger partial charge < -0.3 is 28.4 Å². The SMILES string of the molecule is CO[C@H]1[C@H](O[C@@H]2C(C)O[C@H](C)[C@@H]3O[C@@H]32)O[C@H](C)[C@@H](OC)[C@@H]1C. The average Bonchev–Trinajstić information content (AvgIpc) is 3.24. The number of hydrogen-bond donors (Lipinski definition) is 0.